The van der Waals surface area contributed by atoms with Crippen LogP contribution in [-0.2, 0) is 6.42 Å². The van der Waals surface area contributed by atoms with Crippen molar-refractivity contribution in [3.8, 4) is 5.75 Å². The van der Waals surface area contributed by atoms with Gasteiger partial charge in [-0.2, -0.15) is 0 Å². The molecule has 0 heterocycles. The lowest BCUT2D eigenvalue weighted by molar-refractivity contribution is 0.0952. The van der Waals surface area contributed by atoms with Gasteiger partial charge < -0.3 is 15.0 Å². The van der Waals surface area contributed by atoms with Crippen LogP contribution in [0.1, 0.15) is 39.6 Å². The molecule has 3 aromatic carbocycles. The van der Waals surface area contributed by atoms with Crippen molar-refractivity contribution < 1.29 is 14.3 Å². The van der Waals surface area contributed by atoms with Crippen LogP contribution in [0.5, 0.6) is 5.75 Å². The molecule has 6 nitrogen and oxygen atoms in total. The highest BCUT2D eigenvalue weighted by Gasteiger charge is 2.20. The summed E-state index contributed by atoms with van der Waals surface area (Å²) in [5.41, 5.74) is 2.58. The number of hydrogen-bond donors (Lipinski definition) is 2. The maximum atomic E-state index is 13.0. The number of carbonyl (C=O) groups is 2. The number of nitrogens with zero attached hydrogens (tertiary/aromatic N) is 1. The molecule has 0 saturated heterocycles. The van der Waals surface area contributed by atoms with Gasteiger partial charge in [0.2, 0.25) is 0 Å². The first kappa shape index (κ1) is 26.4. The molecule has 3 aromatic rings. The fourth-order valence-electron chi connectivity index (χ4n) is 3.39. The number of rotatable bonds is 9. The number of amides is 2. The topological polar surface area (TPSA) is 70.7 Å². The minimum atomic E-state index is -0.390. The highest BCUT2D eigenvalue weighted by Crippen LogP contribution is 2.24. The summed E-state index contributed by atoms with van der Waals surface area (Å²) in [6.45, 7) is 3.00. The third-order valence-corrected chi connectivity index (χ3v) is 6.09. The first-order valence-corrected chi connectivity index (χ1v) is 12.5. The fourth-order valence-corrected chi connectivity index (χ4v) is 3.95. The van der Waals surface area contributed by atoms with Crippen molar-refractivity contribution in [2.75, 3.05) is 25.1 Å². The average Bonchev–Trinajstić information content (AvgIpc) is 2.88. The van der Waals surface area contributed by atoms with Gasteiger partial charge in [0.15, 0.2) is 5.11 Å². The minimum absolute atomic E-state index is 0.168. The van der Waals surface area contributed by atoms with Crippen LogP contribution in [0.4, 0.5) is 5.69 Å². The Balaban J connectivity index is 1.69. The minimum Gasteiger partial charge on any atom is -0.493 e. The van der Waals surface area contributed by atoms with Crippen molar-refractivity contribution in [1.29, 1.82) is 0 Å². The van der Waals surface area contributed by atoms with Gasteiger partial charge in [-0.1, -0.05) is 65.3 Å². The van der Waals surface area contributed by atoms with Crippen molar-refractivity contribution >= 4 is 50.8 Å². The van der Waals surface area contributed by atoms with Crippen LogP contribution in [0.3, 0.4) is 0 Å². The van der Waals surface area contributed by atoms with Gasteiger partial charge in [-0.05, 0) is 61.0 Å². The first-order valence-electron chi connectivity index (χ1n) is 11.3. The number of para-hydroxylation sites is 1. The molecule has 2 amide bonds. The molecule has 0 aromatic heterocycles. The Morgan fingerprint density at radius 2 is 1.69 bits per heavy atom. The van der Waals surface area contributed by atoms with Gasteiger partial charge in [0.25, 0.3) is 11.8 Å². The standard InChI is InChI=1S/C27H28BrN3O3S/c1-3-17-34-24-14-13-20(28)18-22(24)26(33)30-27(35)31(2)23-12-8-7-11-21(23)25(32)29-16-15-19-9-5-4-6-10-19/h4-14,18H,3,15-17H2,1-2H3,(H,29,32)(H,30,33,35). The van der Waals surface area contributed by atoms with Gasteiger partial charge in [0, 0.05) is 18.1 Å². The summed E-state index contributed by atoms with van der Waals surface area (Å²) in [6, 6.07) is 22.4. The summed E-state index contributed by atoms with van der Waals surface area (Å²) in [5, 5.41) is 5.89. The van der Waals surface area contributed by atoms with Crippen LogP contribution in [0.25, 0.3) is 0 Å². The molecule has 0 spiro atoms. The lowest BCUT2D eigenvalue weighted by Crippen LogP contribution is -2.41. The summed E-state index contributed by atoms with van der Waals surface area (Å²) in [4.78, 5) is 27.6. The number of anilines is 1. The molecule has 3 rings (SSSR count). The predicted octanol–water partition coefficient (Wildman–Crippen LogP) is 5.36. The van der Waals surface area contributed by atoms with Crippen molar-refractivity contribution in [3.05, 3.63) is 94.0 Å². The number of ether oxygens (including phenoxy) is 1. The van der Waals surface area contributed by atoms with Crippen LogP contribution in [0.15, 0.2) is 77.3 Å². The van der Waals surface area contributed by atoms with E-state index in [0.29, 0.717) is 35.7 Å². The summed E-state index contributed by atoms with van der Waals surface area (Å²) < 4.78 is 6.47. The van der Waals surface area contributed by atoms with Crippen molar-refractivity contribution in [3.63, 3.8) is 0 Å². The third-order valence-electron chi connectivity index (χ3n) is 5.23. The molecule has 0 saturated carbocycles. The number of benzene rings is 3. The van der Waals surface area contributed by atoms with Gasteiger partial charge >= 0.3 is 0 Å². The monoisotopic (exact) mass is 553 g/mol. The molecule has 0 aliphatic heterocycles. The average molecular weight is 555 g/mol. The summed E-state index contributed by atoms with van der Waals surface area (Å²) in [6.07, 6.45) is 1.55. The zero-order chi connectivity index (χ0) is 25.2. The third kappa shape index (κ3) is 7.37. The van der Waals surface area contributed by atoms with Gasteiger partial charge in [-0.15, -0.1) is 0 Å². The van der Waals surface area contributed by atoms with Gasteiger partial charge in [-0.3, -0.25) is 14.9 Å². The fraction of sp³-hybridized carbons (Fsp3) is 0.222. The number of nitrogens with one attached hydrogen (secondary N) is 2. The van der Waals surface area contributed by atoms with Crippen LogP contribution in [-0.4, -0.2) is 37.1 Å². The van der Waals surface area contributed by atoms with Crippen molar-refractivity contribution in [2.24, 2.45) is 0 Å². The molecule has 2 N–H and O–H groups in total. The molecular weight excluding hydrogens is 526 g/mol. The predicted molar refractivity (Wildman–Crippen MR) is 147 cm³/mol. The van der Waals surface area contributed by atoms with E-state index < -0.39 is 0 Å². The van der Waals surface area contributed by atoms with Crippen molar-refractivity contribution in [1.82, 2.24) is 10.6 Å². The van der Waals surface area contributed by atoms with E-state index >= 15 is 0 Å². The Bertz CT molecular complexity index is 1190. The molecule has 0 fully saturated rings. The zero-order valence-corrected chi connectivity index (χ0v) is 22.1. The SMILES string of the molecule is CCCOc1ccc(Br)cc1C(=O)NC(=S)N(C)c1ccccc1C(=O)NCCc1ccccc1. The number of thiocarbonyl (C=S) groups is 1. The molecule has 0 radical (unpaired) electrons. The Morgan fingerprint density at radius 3 is 2.43 bits per heavy atom. The van der Waals surface area contributed by atoms with Gasteiger partial charge in [0.1, 0.15) is 5.75 Å². The molecule has 0 aliphatic carbocycles. The first-order chi connectivity index (χ1) is 16.9. The summed E-state index contributed by atoms with van der Waals surface area (Å²) in [5.74, 6) is -0.116. The van der Waals surface area contributed by atoms with E-state index in [9.17, 15) is 9.59 Å². The lowest BCUT2D eigenvalue weighted by atomic mass is 10.1. The van der Waals surface area contributed by atoms with Crippen molar-refractivity contribution in [2.45, 2.75) is 19.8 Å². The van der Waals surface area contributed by atoms with E-state index in [4.69, 9.17) is 17.0 Å². The van der Waals surface area contributed by atoms with Gasteiger partial charge in [0.05, 0.1) is 23.4 Å². The maximum absolute atomic E-state index is 13.0. The van der Waals surface area contributed by atoms with E-state index in [1.54, 1.807) is 42.3 Å². The number of hydrogen-bond acceptors (Lipinski definition) is 4. The molecule has 0 atom stereocenters. The molecular formula is C27H28BrN3O3S. The normalized spacial score (nSPS) is 10.4. The molecule has 8 heteroatoms. The second-order valence-electron chi connectivity index (χ2n) is 7.82. The van der Waals surface area contributed by atoms with Crippen LogP contribution in [0.2, 0.25) is 0 Å². The largest absolute Gasteiger partial charge is 0.493 e. The van der Waals surface area contributed by atoms with E-state index in [0.717, 1.165) is 22.9 Å². The summed E-state index contributed by atoms with van der Waals surface area (Å²) in [7, 11) is 1.72. The number of halogens is 1. The van der Waals surface area contributed by atoms with Crippen LogP contribution >= 0.6 is 28.1 Å². The highest BCUT2D eigenvalue weighted by molar-refractivity contribution is 9.10. The maximum Gasteiger partial charge on any atom is 0.261 e. The van der Waals surface area contributed by atoms with E-state index in [2.05, 4.69) is 26.6 Å². The van der Waals surface area contributed by atoms with E-state index in [1.807, 2.05) is 49.4 Å². The smallest absolute Gasteiger partial charge is 0.261 e. The van der Waals surface area contributed by atoms with E-state index in [1.165, 1.54) is 0 Å². The second kappa shape index (κ2) is 13.0. The Kier molecular flexibility index (Phi) is 9.81. The highest BCUT2D eigenvalue weighted by atomic mass is 79.9. The molecule has 0 unspecified atom stereocenters. The Hall–Kier alpha value is -3.23. The van der Waals surface area contributed by atoms with Crippen LogP contribution < -0.4 is 20.3 Å². The molecule has 182 valence electrons. The molecule has 0 bridgehead atoms. The Morgan fingerprint density at radius 1 is 0.971 bits per heavy atom. The summed E-state index contributed by atoms with van der Waals surface area (Å²) >= 11 is 8.91. The van der Waals surface area contributed by atoms with Gasteiger partial charge in [-0.25, -0.2) is 0 Å². The Labute approximate surface area is 219 Å². The molecule has 0 aliphatic rings. The molecule has 35 heavy (non-hydrogen) atoms. The lowest BCUT2D eigenvalue weighted by Gasteiger charge is -2.23. The number of carbonyl (C=O) groups excluding carboxylic acids is 2. The second-order valence-corrected chi connectivity index (χ2v) is 9.12. The van der Waals surface area contributed by atoms with Crippen LogP contribution in [0, 0.1) is 0 Å². The zero-order valence-electron chi connectivity index (χ0n) is 19.7. The van der Waals surface area contributed by atoms with E-state index in [-0.39, 0.29) is 16.9 Å². The quantitative estimate of drug-likeness (QED) is 0.349.